The van der Waals surface area contributed by atoms with E-state index in [4.69, 9.17) is 4.74 Å². The first-order chi connectivity index (χ1) is 8.41. The van der Waals surface area contributed by atoms with Gasteiger partial charge in [-0.2, -0.15) is 0 Å². The van der Waals surface area contributed by atoms with E-state index in [-0.39, 0.29) is 11.4 Å². The van der Waals surface area contributed by atoms with Gasteiger partial charge in [-0.1, -0.05) is 39.0 Å². The smallest absolute Gasteiger partial charge is 0.334 e. The van der Waals surface area contributed by atoms with E-state index >= 15 is 0 Å². The normalized spacial score (nSPS) is 14.1. The van der Waals surface area contributed by atoms with Crippen molar-refractivity contribution in [1.29, 1.82) is 0 Å². The maximum atomic E-state index is 11.7. The number of carbonyl (C=O) groups is 1. The summed E-state index contributed by atoms with van der Waals surface area (Å²) in [6, 6.07) is 6.45. The third-order valence-corrected chi connectivity index (χ3v) is 3.26. The number of carbonyl (C=O) groups excluding carboxylic acids is 1. The van der Waals surface area contributed by atoms with Crippen molar-refractivity contribution in [2.75, 3.05) is 6.61 Å². The van der Waals surface area contributed by atoms with E-state index in [9.17, 15) is 4.79 Å². The zero-order chi connectivity index (χ0) is 13.3. The van der Waals surface area contributed by atoms with Gasteiger partial charge in [0.2, 0.25) is 0 Å². The van der Waals surface area contributed by atoms with Gasteiger partial charge in [-0.05, 0) is 35.1 Å². The Labute approximate surface area is 109 Å². The highest BCUT2D eigenvalue weighted by Gasteiger charge is 2.22. The zero-order valence-corrected chi connectivity index (χ0v) is 11.5. The van der Waals surface area contributed by atoms with Crippen molar-refractivity contribution in [3.05, 3.63) is 40.5 Å². The van der Waals surface area contributed by atoms with Gasteiger partial charge in [0.15, 0.2) is 0 Å². The van der Waals surface area contributed by atoms with Crippen LogP contribution in [0.15, 0.2) is 23.8 Å². The standard InChI is InChI=1S/C16H20O2/c1-5-18-15(17)13-8-11-6-7-14(16(2,3)4)10-12(11)9-13/h6-8,10H,5,9H2,1-4H3. The molecule has 0 bridgehead atoms. The van der Waals surface area contributed by atoms with Crippen LogP contribution in [0.2, 0.25) is 0 Å². The third-order valence-electron chi connectivity index (χ3n) is 3.26. The fourth-order valence-corrected chi connectivity index (χ4v) is 2.16. The topological polar surface area (TPSA) is 26.3 Å². The van der Waals surface area contributed by atoms with Gasteiger partial charge in [0.25, 0.3) is 0 Å². The van der Waals surface area contributed by atoms with Crippen LogP contribution >= 0.6 is 0 Å². The average Bonchev–Trinajstić information content (AvgIpc) is 2.70. The van der Waals surface area contributed by atoms with Gasteiger partial charge in [0, 0.05) is 12.0 Å². The lowest BCUT2D eigenvalue weighted by atomic mass is 9.85. The van der Waals surface area contributed by atoms with Crippen LogP contribution < -0.4 is 0 Å². The van der Waals surface area contributed by atoms with Crippen LogP contribution in [0, 0.1) is 0 Å². The van der Waals surface area contributed by atoms with Crippen molar-refractivity contribution in [3.63, 3.8) is 0 Å². The molecule has 2 heteroatoms. The average molecular weight is 244 g/mol. The zero-order valence-electron chi connectivity index (χ0n) is 11.5. The molecule has 0 fully saturated rings. The maximum Gasteiger partial charge on any atom is 0.334 e. The molecule has 1 aromatic rings. The van der Waals surface area contributed by atoms with Crippen molar-refractivity contribution < 1.29 is 9.53 Å². The SMILES string of the molecule is CCOC(=O)C1=Cc2ccc(C(C)(C)C)cc2C1. The molecular weight excluding hydrogens is 224 g/mol. The Kier molecular flexibility index (Phi) is 3.29. The van der Waals surface area contributed by atoms with Gasteiger partial charge in [-0.3, -0.25) is 0 Å². The second kappa shape index (κ2) is 4.60. The second-order valence-electron chi connectivity index (χ2n) is 5.73. The molecule has 0 unspecified atom stereocenters. The fourth-order valence-electron chi connectivity index (χ4n) is 2.16. The van der Waals surface area contributed by atoms with Gasteiger partial charge >= 0.3 is 5.97 Å². The first kappa shape index (κ1) is 12.9. The molecule has 0 radical (unpaired) electrons. The van der Waals surface area contributed by atoms with E-state index in [0.29, 0.717) is 13.0 Å². The summed E-state index contributed by atoms with van der Waals surface area (Å²) in [6.45, 7) is 8.86. The van der Waals surface area contributed by atoms with E-state index in [1.165, 1.54) is 11.1 Å². The van der Waals surface area contributed by atoms with Crippen LogP contribution in [0.4, 0.5) is 0 Å². The summed E-state index contributed by atoms with van der Waals surface area (Å²) < 4.78 is 5.05. The van der Waals surface area contributed by atoms with Crippen molar-refractivity contribution in [2.45, 2.75) is 39.5 Å². The predicted molar refractivity (Wildman–Crippen MR) is 73.5 cm³/mol. The molecule has 0 aliphatic heterocycles. The Morgan fingerprint density at radius 2 is 2.06 bits per heavy atom. The number of fused-ring (bicyclic) bond motifs is 1. The molecule has 0 heterocycles. The van der Waals surface area contributed by atoms with Crippen LogP contribution in [0.3, 0.4) is 0 Å². The highest BCUT2D eigenvalue weighted by molar-refractivity contribution is 5.96. The number of hydrogen-bond acceptors (Lipinski definition) is 2. The minimum absolute atomic E-state index is 0.141. The molecule has 18 heavy (non-hydrogen) atoms. The van der Waals surface area contributed by atoms with Crippen LogP contribution in [0.5, 0.6) is 0 Å². The van der Waals surface area contributed by atoms with Crippen molar-refractivity contribution in [3.8, 4) is 0 Å². The summed E-state index contributed by atoms with van der Waals surface area (Å²) in [7, 11) is 0. The number of rotatable bonds is 2. The van der Waals surface area contributed by atoms with E-state index in [0.717, 1.165) is 11.1 Å². The molecule has 1 aliphatic rings. The Bertz CT molecular complexity index is 504. The van der Waals surface area contributed by atoms with Crippen LogP contribution in [0.25, 0.3) is 6.08 Å². The van der Waals surface area contributed by atoms with E-state index in [1.54, 1.807) is 0 Å². The molecule has 0 spiro atoms. The Hall–Kier alpha value is -1.57. The van der Waals surface area contributed by atoms with Gasteiger partial charge in [0.1, 0.15) is 0 Å². The highest BCUT2D eigenvalue weighted by atomic mass is 16.5. The van der Waals surface area contributed by atoms with Crippen LogP contribution in [-0.2, 0) is 21.4 Å². The molecule has 96 valence electrons. The highest BCUT2D eigenvalue weighted by Crippen LogP contribution is 2.30. The minimum atomic E-state index is -0.189. The first-order valence-corrected chi connectivity index (χ1v) is 6.43. The van der Waals surface area contributed by atoms with E-state index in [1.807, 2.05) is 13.0 Å². The van der Waals surface area contributed by atoms with Crippen molar-refractivity contribution in [1.82, 2.24) is 0 Å². The molecule has 2 rings (SSSR count). The number of hydrogen-bond donors (Lipinski definition) is 0. The molecular formula is C16H20O2. The largest absolute Gasteiger partial charge is 0.463 e. The number of esters is 1. The maximum absolute atomic E-state index is 11.7. The summed E-state index contributed by atoms with van der Waals surface area (Å²) in [4.78, 5) is 11.7. The molecule has 0 aromatic heterocycles. The lowest BCUT2D eigenvalue weighted by molar-refractivity contribution is -0.138. The van der Waals surface area contributed by atoms with Crippen molar-refractivity contribution in [2.24, 2.45) is 0 Å². The monoisotopic (exact) mass is 244 g/mol. The summed E-state index contributed by atoms with van der Waals surface area (Å²) in [5, 5.41) is 0. The van der Waals surface area contributed by atoms with E-state index < -0.39 is 0 Å². The molecule has 0 saturated heterocycles. The Morgan fingerprint density at radius 3 is 2.67 bits per heavy atom. The molecule has 0 atom stereocenters. The van der Waals surface area contributed by atoms with Gasteiger partial charge < -0.3 is 4.74 Å². The molecule has 0 amide bonds. The van der Waals surface area contributed by atoms with Crippen LogP contribution in [0.1, 0.15) is 44.4 Å². The Morgan fingerprint density at radius 1 is 1.33 bits per heavy atom. The molecule has 1 aromatic carbocycles. The predicted octanol–water partition coefficient (Wildman–Crippen LogP) is 3.49. The lowest BCUT2D eigenvalue weighted by Gasteiger charge is -2.19. The third kappa shape index (κ3) is 2.47. The van der Waals surface area contributed by atoms with Gasteiger partial charge in [-0.25, -0.2) is 4.79 Å². The fraction of sp³-hybridized carbons (Fsp3) is 0.438. The lowest BCUT2D eigenvalue weighted by Crippen LogP contribution is -2.11. The van der Waals surface area contributed by atoms with Crippen LogP contribution in [-0.4, -0.2) is 12.6 Å². The number of ether oxygens (including phenoxy) is 1. The molecule has 1 aliphatic carbocycles. The second-order valence-corrected chi connectivity index (χ2v) is 5.73. The first-order valence-electron chi connectivity index (χ1n) is 6.43. The van der Waals surface area contributed by atoms with E-state index in [2.05, 4.69) is 39.0 Å². The van der Waals surface area contributed by atoms with Gasteiger partial charge in [0.05, 0.1) is 6.61 Å². The summed E-state index contributed by atoms with van der Waals surface area (Å²) >= 11 is 0. The quantitative estimate of drug-likeness (QED) is 0.744. The summed E-state index contributed by atoms with van der Waals surface area (Å²) in [6.07, 6.45) is 2.64. The molecule has 2 nitrogen and oxygen atoms in total. The molecule has 0 N–H and O–H groups in total. The number of benzene rings is 1. The minimum Gasteiger partial charge on any atom is -0.463 e. The Balaban J connectivity index is 2.24. The summed E-state index contributed by atoms with van der Waals surface area (Å²) in [5.41, 5.74) is 4.58. The van der Waals surface area contributed by atoms with Crippen molar-refractivity contribution >= 4 is 12.0 Å². The van der Waals surface area contributed by atoms with Gasteiger partial charge in [-0.15, -0.1) is 0 Å². The summed E-state index contributed by atoms with van der Waals surface area (Å²) in [5.74, 6) is -0.189. The molecule has 0 saturated carbocycles.